The van der Waals surface area contributed by atoms with E-state index in [9.17, 15) is 8.42 Å². The van der Waals surface area contributed by atoms with Crippen LogP contribution < -0.4 is 4.74 Å². The Morgan fingerprint density at radius 2 is 1.81 bits per heavy atom. The number of hydrogen-bond donors (Lipinski definition) is 1. The van der Waals surface area contributed by atoms with Crippen LogP contribution >= 0.6 is 0 Å². The molecule has 0 aromatic heterocycles. The van der Waals surface area contributed by atoms with E-state index in [0.29, 0.717) is 12.4 Å². The maximum absolute atomic E-state index is 10.7. The molecule has 0 fully saturated rings. The van der Waals surface area contributed by atoms with Crippen LogP contribution in [0.15, 0.2) is 29.2 Å². The Bertz CT molecular complexity index is 399. The fourth-order valence-electron chi connectivity index (χ4n) is 1.04. The van der Waals surface area contributed by atoms with Crippen molar-refractivity contribution in [3.8, 4) is 5.75 Å². The molecule has 0 atom stereocenters. The van der Waals surface area contributed by atoms with Gasteiger partial charge in [-0.3, -0.25) is 4.55 Å². The van der Waals surface area contributed by atoms with Gasteiger partial charge in [-0.25, -0.2) is 0 Å². The summed E-state index contributed by atoms with van der Waals surface area (Å²) in [6, 6.07) is 5.69. The maximum atomic E-state index is 10.7. The third-order valence-electron chi connectivity index (χ3n) is 1.89. The van der Waals surface area contributed by atoms with Crippen molar-refractivity contribution in [1.29, 1.82) is 0 Å². The average molecular weight is 254 g/mol. The van der Waals surface area contributed by atoms with Crippen LogP contribution in [0.3, 0.4) is 0 Å². The second kappa shape index (κ2) is 7.29. The zero-order chi connectivity index (χ0) is 11.3. The number of hydrogen-bond acceptors (Lipinski definition) is 3. The third-order valence-corrected chi connectivity index (χ3v) is 2.76. The molecule has 6 heteroatoms. The van der Waals surface area contributed by atoms with Crippen molar-refractivity contribution in [3.05, 3.63) is 24.3 Å². The number of benzene rings is 1. The molecule has 0 saturated heterocycles. The van der Waals surface area contributed by atoms with Crippen LogP contribution in [0.1, 0.15) is 19.8 Å². The molecule has 0 heterocycles. The summed E-state index contributed by atoms with van der Waals surface area (Å²) in [5.74, 6) is 0.607. The van der Waals surface area contributed by atoms with Crippen LogP contribution in [-0.4, -0.2) is 49.1 Å². The predicted molar refractivity (Wildman–Crippen MR) is 63.8 cm³/mol. The molecule has 0 aliphatic rings. The summed E-state index contributed by atoms with van der Waals surface area (Å²) < 4.78 is 35.5. The zero-order valence-electron chi connectivity index (χ0n) is 8.51. The number of rotatable bonds is 5. The van der Waals surface area contributed by atoms with Crippen LogP contribution in [0.2, 0.25) is 0 Å². The Morgan fingerprint density at radius 3 is 2.25 bits per heavy atom. The van der Waals surface area contributed by atoms with Gasteiger partial charge in [0.25, 0.3) is 10.1 Å². The Balaban J connectivity index is 0.00000225. The van der Waals surface area contributed by atoms with Crippen molar-refractivity contribution in [2.24, 2.45) is 0 Å². The summed E-state index contributed by atoms with van der Waals surface area (Å²) in [6.07, 6.45) is 2.00. The van der Waals surface area contributed by atoms with Crippen LogP contribution in [-0.2, 0) is 10.1 Å². The van der Waals surface area contributed by atoms with Gasteiger partial charge in [0.1, 0.15) is 5.75 Å². The molecule has 0 radical (unpaired) electrons. The molecule has 0 amide bonds. The van der Waals surface area contributed by atoms with Crippen molar-refractivity contribution in [3.63, 3.8) is 0 Å². The molecular weight excluding hydrogens is 239 g/mol. The topological polar surface area (TPSA) is 63.6 Å². The van der Waals surface area contributed by atoms with Crippen molar-refractivity contribution >= 4 is 39.7 Å². The third kappa shape index (κ3) is 5.32. The number of unbranched alkanes of at least 4 members (excludes halogenated alkanes) is 1. The molecule has 0 unspecified atom stereocenters. The summed E-state index contributed by atoms with van der Waals surface area (Å²) >= 11 is 0. The summed E-state index contributed by atoms with van der Waals surface area (Å²) in [5.41, 5.74) is 0. The minimum absolute atomic E-state index is 0. The fraction of sp³-hybridized carbons (Fsp3) is 0.400. The monoisotopic (exact) mass is 254 g/mol. The molecule has 1 aromatic carbocycles. The van der Waals surface area contributed by atoms with Gasteiger partial charge in [-0.2, -0.15) is 8.42 Å². The Hall–Kier alpha value is -0.0700. The van der Waals surface area contributed by atoms with E-state index in [-0.39, 0.29) is 34.5 Å². The minimum atomic E-state index is -4.10. The fourth-order valence-corrected chi connectivity index (χ4v) is 1.52. The van der Waals surface area contributed by atoms with E-state index in [1.807, 2.05) is 0 Å². The molecule has 1 rings (SSSR count). The molecule has 1 N–H and O–H groups in total. The van der Waals surface area contributed by atoms with E-state index >= 15 is 0 Å². The molecule has 4 nitrogen and oxygen atoms in total. The van der Waals surface area contributed by atoms with Crippen LogP contribution in [0.25, 0.3) is 0 Å². The van der Waals surface area contributed by atoms with Gasteiger partial charge >= 0.3 is 29.6 Å². The van der Waals surface area contributed by atoms with Crippen molar-refractivity contribution in [2.45, 2.75) is 24.7 Å². The van der Waals surface area contributed by atoms with E-state index in [0.717, 1.165) is 12.8 Å². The second-order valence-corrected chi connectivity index (χ2v) is 4.57. The zero-order valence-corrected chi connectivity index (χ0v) is 9.33. The van der Waals surface area contributed by atoms with Crippen molar-refractivity contribution in [2.75, 3.05) is 6.61 Å². The number of ether oxygens (including phenoxy) is 1. The first-order valence-electron chi connectivity index (χ1n) is 4.74. The van der Waals surface area contributed by atoms with Gasteiger partial charge < -0.3 is 4.74 Å². The van der Waals surface area contributed by atoms with Gasteiger partial charge in [0, 0.05) is 0 Å². The normalized spacial score (nSPS) is 10.6. The second-order valence-electron chi connectivity index (χ2n) is 3.15. The Labute approximate surface area is 118 Å². The van der Waals surface area contributed by atoms with Gasteiger partial charge in [0.05, 0.1) is 11.5 Å². The molecule has 16 heavy (non-hydrogen) atoms. The van der Waals surface area contributed by atoms with Crippen LogP contribution in [0.5, 0.6) is 5.75 Å². The van der Waals surface area contributed by atoms with Crippen LogP contribution in [0, 0.1) is 0 Å². The van der Waals surface area contributed by atoms with Crippen molar-refractivity contribution in [1.82, 2.24) is 0 Å². The van der Waals surface area contributed by atoms with E-state index in [1.54, 1.807) is 0 Å². The van der Waals surface area contributed by atoms with Gasteiger partial charge in [0.2, 0.25) is 0 Å². The molecular formula is C10H15NaO4S. The molecule has 0 spiro atoms. The first-order valence-corrected chi connectivity index (χ1v) is 6.18. The Morgan fingerprint density at radius 1 is 1.25 bits per heavy atom. The van der Waals surface area contributed by atoms with E-state index < -0.39 is 10.1 Å². The van der Waals surface area contributed by atoms with Gasteiger partial charge in [-0.1, -0.05) is 13.3 Å². The van der Waals surface area contributed by atoms with Crippen LogP contribution in [0.4, 0.5) is 0 Å². The summed E-state index contributed by atoms with van der Waals surface area (Å²) in [7, 11) is -4.10. The molecule has 1 aromatic rings. The average Bonchev–Trinajstić information content (AvgIpc) is 2.18. The van der Waals surface area contributed by atoms with E-state index in [1.165, 1.54) is 24.3 Å². The standard InChI is InChI=1S/C10H14O4S.Na.H/c1-2-3-8-14-9-4-6-10(7-5-9)15(11,12)13;;/h4-7H,2-3,8H2,1H3,(H,11,12,13);;. The first-order chi connectivity index (χ1) is 7.04. The molecule has 0 aliphatic heterocycles. The Kier molecular flexibility index (Phi) is 7.26. The van der Waals surface area contributed by atoms with Gasteiger partial charge in [0.15, 0.2) is 0 Å². The van der Waals surface area contributed by atoms with Crippen molar-refractivity contribution < 1.29 is 17.7 Å². The van der Waals surface area contributed by atoms with E-state index in [4.69, 9.17) is 9.29 Å². The molecule has 0 aliphatic carbocycles. The summed E-state index contributed by atoms with van der Waals surface area (Å²) in [4.78, 5) is -0.120. The molecule has 0 saturated carbocycles. The van der Waals surface area contributed by atoms with Gasteiger partial charge in [-0.15, -0.1) is 0 Å². The molecule has 86 valence electrons. The summed E-state index contributed by atoms with van der Waals surface area (Å²) in [5, 5.41) is 0. The van der Waals surface area contributed by atoms with E-state index in [2.05, 4.69) is 6.92 Å². The van der Waals surface area contributed by atoms with Gasteiger partial charge in [-0.05, 0) is 30.7 Å². The predicted octanol–water partition coefficient (Wildman–Crippen LogP) is 1.46. The SMILES string of the molecule is CCCCOc1ccc(S(=O)(=O)O)cc1.[NaH]. The first kappa shape index (κ1) is 15.9. The molecule has 0 bridgehead atoms. The summed E-state index contributed by atoms with van der Waals surface area (Å²) in [6.45, 7) is 2.67. The quantitative estimate of drug-likeness (QED) is 0.491.